The third-order valence-electron chi connectivity index (χ3n) is 2.00. The molecule has 0 spiro atoms. The van der Waals surface area contributed by atoms with Crippen LogP contribution in [0.25, 0.3) is 0 Å². The van der Waals surface area contributed by atoms with E-state index in [0.717, 1.165) is 0 Å². The van der Waals surface area contributed by atoms with Crippen molar-refractivity contribution in [3.8, 4) is 0 Å². The minimum Gasteiger partial charge on any atom is -0.480 e. The van der Waals surface area contributed by atoms with Crippen LogP contribution in [0.5, 0.6) is 0 Å². The van der Waals surface area contributed by atoms with Crippen LogP contribution in [0.2, 0.25) is 0 Å². The van der Waals surface area contributed by atoms with Gasteiger partial charge in [0.25, 0.3) is 0 Å². The first-order valence-corrected chi connectivity index (χ1v) is 4.78. The highest BCUT2D eigenvalue weighted by Gasteiger charge is 2.17. The standard InChI is InChI=1S/C10H13N3O4/c1-17-5-7(10(15)16)13-8-3-2-6(4-12-8)9(11)14/h2-4,7H,5H2,1H3,(H2,11,14)(H,12,13)(H,15,16). The molecule has 1 heterocycles. The maximum atomic E-state index is 10.8. The number of pyridine rings is 1. The average molecular weight is 239 g/mol. The summed E-state index contributed by atoms with van der Waals surface area (Å²) in [7, 11) is 1.40. The van der Waals surface area contributed by atoms with E-state index in [1.165, 1.54) is 25.4 Å². The fourth-order valence-corrected chi connectivity index (χ4v) is 1.14. The minimum atomic E-state index is -1.05. The van der Waals surface area contributed by atoms with Gasteiger partial charge >= 0.3 is 5.97 Å². The Labute approximate surface area is 97.6 Å². The van der Waals surface area contributed by atoms with E-state index >= 15 is 0 Å². The molecule has 0 radical (unpaired) electrons. The van der Waals surface area contributed by atoms with Crippen LogP contribution in [0.15, 0.2) is 18.3 Å². The second kappa shape index (κ2) is 5.80. The van der Waals surface area contributed by atoms with Gasteiger partial charge in [-0.3, -0.25) is 4.79 Å². The van der Waals surface area contributed by atoms with Crippen LogP contribution in [-0.2, 0) is 9.53 Å². The summed E-state index contributed by atoms with van der Waals surface area (Å²) in [5.41, 5.74) is 5.31. The lowest BCUT2D eigenvalue weighted by Gasteiger charge is -2.13. The summed E-state index contributed by atoms with van der Waals surface area (Å²) in [6.45, 7) is 0.00852. The number of amides is 1. The number of rotatable bonds is 6. The van der Waals surface area contributed by atoms with Crippen molar-refractivity contribution in [1.29, 1.82) is 0 Å². The molecule has 0 fully saturated rings. The van der Waals surface area contributed by atoms with Crippen molar-refractivity contribution in [2.45, 2.75) is 6.04 Å². The Bertz CT molecular complexity index is 405. The van der Waals surface area contributed by atoms with Gasteiger partial charge in [0.1, 0.15) is 11.9 Å². The molecular formula is C10H13N3O4. The highest BCUT2D eigenvalue weighted by Crippen LogP contribution is 2.06. The summed E-state index contributed by atoms with van der Waals surface area (Å²) >= 11 is 0. The number of carbonyl (C=O) groups is 2. The van der Waals surface area contributed by atoms with Gasteiger partial charge in [-0.1, -0.05) is 0 Å². The first kappa shape index (κ1) is 12.9. The topological polar surface area (TPSA) is 115 Å². The van der Waals surface area contributed by atoms with E-state index in [1.807, 2.05) is 0 Å². The number of anilines is 1. The van der Waals surface area contributed by atoms with Gasteiger partial charge in [-0.15, -0.1) is 0 Å². The van der Waals surface area contributed by atoms with Gasteiger partial charge in [0.2, 0.25) is 5.91 Å². The zero-order valence-corrected chi connectivity index (χ0v) is 9.21. The largest absolute Gasteiger partial charge is 0.480 e. The van der Waals surface area contributed by atoms with E-state index in [1.54, 1.807) is 0 Å². The van der Waals surface area contributed by atoms with Crippen LogP contribution < -0.4 is 11.1 Å². The smallest absolute Gasteiger partial charge is 0.328 e. The highest BCUT2D eigenvalue weighted by molar-refractivity contribution is 5.92. The molecule has 7 heteroatoms. The maximum Gasteiger partial charge on any atom is 0.328 e. The summed E-state index contributed by atoms with van der Waals surface area (Å²) in [6.07, 6.45) is 1.27. The lowest BCUT2D eigenvalue weighted by Crippen LogP contribution is -2.33. The van der Waals surface area contributed by atoms with Crippen molar-refractivity contribution >= 4 is 17.7 Å². The molecule has 1 amide bonds. The number of carbonyl (C=O) groups excluding carboxylic acids is 1. The Morgan fingerprint density at radius 3 is 2.71 bits per heavy atom. The minimum absolute atomic E-state index is 0.00852. The number of hydrogen-bond acceptors (Lipinski definition) is 5. The van der Waals surface area contributed by atoms with Gasteiger partial charge in [0.15, 0.2) is 0 Å². The number of nitrogens with one attached hydrogen (secondary N) is 1. The van der Waals surface area contributed by atoms with Crippen LogP contribution in [0.4, 0.5) is 5.82 Å². The van der Waals surface area contributed by atoms with E-state index in [2.05, 4.69) is 10.3 Å². The van der Waals surface area contributed by atoms with Gasteiger partial charge < -0.3 is 20.9 Å². The van der Waals surface area contributed by atoms with E-state index in [9.17, 15) is 9.59 Å². The van der Waals surface area contributed by atoms with Crippen LogP contribution in [0, 0.1) is 0 Å². The molecule has 17 heavy (non-hydrogen) atoms. The van der Waals surface area contributed by atoms with Gasteiger partial charge in [0.05, 0.1) is 12.2 Å². The molecule has 0 bridgehead atoms. The van der Waals surface area contributed by atoms with Crippen molar-refractivity contribution < 1.29 is 19.4 Å². The fourth-order valence-electron chi connectivity index (χ4n) is 1.14. The Morgan fingerprint density at radius 1 is 1.59 bits per heavy atom. The van der Waals surface area contributed by atoms with E-state index in [4.69, 9.17) is 15.6 Å². The Hall–Kier alpha value is -2.15. The molecule has 7 nitrogen and oxygen atoms in total. The Kier molecular flexibility index (Phi) is 4.41. The molecule has 4 N–H and O–H groups in total. The molecule has 92 valence electrons. The molecule has 1 atom stereocenters. The summed E-state index contributed by atoms with van der Waals surface area (Å²) < 4.78 is 4.75. The first-order chi connectivity index (χ1) is 8.04. The lowest BCUT2D eigenvalue weighted by molar-refractivity contribution is -0.139. The van der Waals surface area contributed by atoms with Crippen LogP contribution >= 0.6 is 0 Å². The van der Waals surface area contributed by atoms with Crippen molar-refractivity contribution in [2.24, 2.45) is 5.73 Å². The predicted octanol–water partition coefficient (Wildman–Crippen LogP) is -0.308. The molecule has 0 aromatic carbocycles. The maximum absolute atomic E-state index is 10.8. The number of ether oxygens (including phenoxy) is 1. The number of primary amides is 1. The molecule has 0 aliphatic heterocycles. The molecule has 1 unspecified atom stereocenters. The van der Waals surface area contributed by atoms with Gasteiger partial charge in [-0.05, 0) is 12.1 Å². The van der Waals surface area contributed by atoms with Crippen LogP contribution in [-0.4, -0.2) is 41.7 Å². The van der Waals surface area contributed by atoms with Crippen molar-refractivity contribution in [3.05, 3.63) is 23.9 Å². The number of hydrogen-bond donors (Lipinski definition) is 3. The summed E-state index contributed by atoms with van der Waals surface area (Å²) in [4.78, 5) is 25.5. The molecule has 1 aromatic rings. The second-order valence-corrected chi connectivity index (χ2v) is 3.29. The number of carboxylic acids is 1. The molecule has 0 saturated heterocycles. The normalized spacial score (nSPS) is 11.8. The Morgan fingerprint density at radius 2 is 2.29 bits per heavy atom. The highest BCUT2D eigenvalue weighted by atomic mass is 16.5. The fraction of sp³-hybridized carbons (Fsp3) is 0.300. The van der Waals surface area contributed by atoms with E-state index < -0.39 is 17.9 Å². The predicted molar refractivity (Wildman–Crippen MR) is 59.7 cm³/mol. The monoisotopic (exact) mass is 239 g/mol. The number of methoxy groups -OCH3 is 1. The van der Waals surface area contributed by atoms with E-state index in [0.29, 0.717) is 5.82 Å². The summed E-state index contributed by atoms with van der Waals surface area (Å²) in [5.74, 6) is -1.30. The van der Waals surface area contributed by atoms with Crippen molar-refractivity contribution in [2.75, 3.05) is 19.0 Å². The summed E-state index contributed by atoms with van der Waals surface area (Å²) in [6, 6.07) is 2.04. The van der Waals surface area contributed by atoms with Gasteiger partial charge in [-0.25, -0.2) is 9.78 Å². The van der Waals surface area contributed by atoms with Crippen LogP contribution in [0.1, 0.15) is 10.4 Å². The first-order valence-electron chi connectivity index (χ1n) is 4.78. The van der Waals surface area contributed by atoms with Crippen molar-refractivity contribution in [3.63, 3.8) is 0 Å². The quantitative estimate of drug-likeness (QED) is 0.627. The zero-order chi connectivity index (χ0) is 12.8. The number of aromatic nitrogens is 1. The molecule has 0 saturated carbocycles. The van der Waals surface area contributed by atoms with E-state index in [-0.39, 0.29) is 12.2 Å². The van der Waals surface area contributed by atoms with Crippen LogP contribution in [0.3, 0.4) is 0 Å². The number of nitrogens with two attached hydrogens (primary N) is 1. The molecule has 1 rings (SSSR count). The SMILES string of the molecule is COCC(Nc1ccc(C(N)=O)cn1)C(=O)O. The molecule has 0 aliphatic rings. The number of carboxylic acid groups (broad SMARTS) is 1. The second-order valence-electron chi connectivity index (χ2n) is 3.29. The molecule has 1 aromatic heterocycles. The van der Waals surface area contributed by atoms with Gasteiger partial charge in [-0.2, -0.15) is 0 Å². The third-order valence-corrected chi connectivity index (χ3v) is 2.00. The number of aliphatic carboxylic acids is 1. The summed E-state index contributed by atoms with van der Waals surface area (Å²) in [5, 5.41) is 11.5. The zero-order valence-electron chi connectivity index (χ0n) is 9.21. The third kappa shape index (κ3) is 3.72. The molecular weight excluding hydrogens is 226 g/mol. The Balaban J connectivity index is 2.73. The molecule has 0 aliphatic carbocycles. The van der Waals surface area contributed by atoms with Crippen molar-refractivity contribution in [1.82, 2.24) is 4.98 Å². The number of nitrogens with zero attached hydrogens (tertiary/aromatic N) is 1. The van der Waals surface area contributed by atoms with Gasteiger partial charge in [0, 0.05) is 13.3 Å². The lowest BCUT2D eigenvalue weighted by atomic mass is 10.2. The average Bonchev–Trinajstić information content (AvgIpc) is 2.29.